The summed E-state index contributed by atoms with van der Waals surface area (Å²) in [5, 5.41) is 2.39. The third kappa shape index (κ3) is 4.45. The van der Waals surface area contributed by atoms with Crippen LogP contribution in [0.4, 0.5) is 5.69 Å². The topological polar surface area (TPSA) is 96.0 Å². The number of morpholine rings is 1. The van der Waals surface area contributed by atoms with Gasteiger partial charge in [0.25, 0.3) is 5.91 Å². The lowest BCUT2D eigenvalue weighted by Gasteiger charge is -2.27. The van der Waals surface area contributed by atoms with Crippen LogP contribution in [0.25, 0.3) is 0 Å². The zero-order chi connectivity index (χ0) is 17.7. The van der Waals surface area contributed by atoms with Gasteiger partial charge in [-0.2, -0.15) is 0 Å². The lowest BCUT2D eigenvalue weighted by atomic mass is 10.1. The molecule has 132 valence electrons. The minimum atomic E-state index is -3.62. The number of hydrogen-bond acceptors (Lipinski definition) is 5. The number of benzene rings is 1. The quantitative estimate of drug-likeness (QED) is 0.780. The van der Waals surface area contributed by atoms with Gasteiger partial charge < -0.3 is 15.0 Å². The van der Waals surface area contributed by atoms with Crippen molar-refractivity contribution in [2.24, 2.45) is 0 Å². The van der Waals surface area contributed by atoms with E-state index in [4.69, 9.17) is 4.74 Å². The van der Waals surface area contributed by atoms with E-state index in [1.165, 1.54) is 19.2 Å². The zero-order valence-electron chi connectivity index (χ0n) is 13.7. The average molecular weight is 355 g/mol. The summed E-state index contributed by atoms with van der Waals surface area (Å²) in [6.07, 6.45) is 1.03. The third-order valence-electron chi connectivity index (χ3n) is 3.67. The van der Waals surface area contributed by atoms with Crippen molar-refractivity contribution in [2.45, 2.75) is 0 Å². The molecule has 1 heterocycles. The number of rotatable bonds is 5. The van der Waals surface area contributed by atoms with Crippen molar-refractivity contribution in [1.29, 1.82) is 0 Å². The Bertz CT molecular complexity index is 696. The van der Waals surface area contributed by atoms with Gasteiger partial charge in [0.05, 0.1) is 25.2 Å². The van der Waals surface area contributed by atoms with Gasteiger partial charge in [0.1, 0.15) is 6.54 Å². The van der Waals surface area contributed by atoms with Crippen LogP contribution in [0.3, 0.4) is 0 Å². The first kappa shape index (κ1) is 18.2. The number of amides is 2. The Balaban J connectivity index is 2.19. The maximum absolute atomic E-state index is 12.4. The molecule has 24 heavy (non-hydrogen) atoms. The largest absolute Gasteiger partial charge is 0.378 e. The number of carbonyl (C=O) groups excluding carboxylic acids is 2. The minimum Gasteiger partial charge on any atom is -0.378 e. The summed E-state index contributed by atoms with van der Waals surface area (Å²) in [7, 11) is -2.18. The molecule has 8 nitrogen and oxygen atoms in total. The van der Waals surface area contributed by atoms with Crippen LogP contribution < -0.4 is 9.62 Å². The maximum Gasteiger partial charge on any atom is 0.254 e. The summed E-state index contributed by atoms with van der Waals surface area (Å²) in [5.41, 5.74) is 0.800. The Kier molecular flexibility index (Phi) is 5.79. The smallest absolute Gasteiger partial charge is 0.254 e. The second-order valence-electron chi connectivity index (χ2n) is 5.39. The Morgan fingerprint density at radius 3 is 2.29 bits per heavy atom. The fourth-order valence-electron chi connectivity index (χ4n) is 2.33. The van der Waals surface area contributed by atoms with Gasteiger partial charge in [-0.25, -0.2) is 8.42 Å². The summed E-state index contributed by atoms with van der Waals surface area (Å²) in [4.78, 5) is 25.6. The van der Waals surface area contributed by atoms with Gasteiger partial charge in [0.15, 0.2) is 0 Å². The van der Waals surface area contributed by atoms with Crippen LogP contribution >= 0.6 is 0 Å². The van der Waals surface area contributed by atoms with E-state index >= 15 is 0 Å². The van der Waals surface area contributed by atoms with Gasteiger partial charge in [0, 0.05) is 25.7 Å². The van der Waals surface area contributed by atoms with E-state index in [1.54, 1.807) is 17.0 Å². The van der Waals surface area contributed by atoms with E-state index in [9.17, 15) is 18.0 Å². The number of anilines is 1. The van der Waals surface area contributed by atoms with Gasteiger partial charge in [-0.1, -0.05) is 0 Å². The first-order valence-corrected chi connectivity index (χ1v) is 9.33. The number of nitrogens with zero attached hydrogens (tertiary/aromatic N) is 2. The lowest BCUT2D eigenvalue weighted by Crippen LogP contribution is -2.41. The van der Waals surface area contributed by atoms with Crippen molar-refractivity contribution in [2.75, 3.05) is 50.5 Å². The van der Waals surface area contributed by atoms with E-state index in [-0.39, 0.29) is 12.5 Å². The molecule has 1 aromatic carbocycles. The zero-order valence-corrected chi connectivity index (χ0v) is 14.5. The Morgan fingerprint density at radius 2 is 1.79 bits per heavy atom. The van der Waals surface area contributed by atoms with Crippen LogP contribution in [-0.4, -0.2) is 71.3 Å². The minimum absolute atomic E-state index is 0.123. The average Bonchev–Trinajstić information content (AvgIpc) is 2.58. The van der Waals surface area contributed by atoms with Gasteiger partial charge in [0.2, 0.25) is 15.9 Å². The van der Waals surface area contributed by atoms with Crippen LogP contribution in [0.5, 0.6) is 0 Å². The Hall–Kier alpha value is -2.13. The molecule has 1 saturated heterocycles. The molecular formula is C15H21N3O5S. The lowest BCUT2D eigenvalue weighted by molar-refractivity contribution is -0.119. The van der Waals surface area contributed by atoms with Crippen LogP contribution in [-0.2, 0) is 19.6 Å². The molecule has 0 radical (unpaired) electrons. The van der Waals surface area contributed by atoms with E-state index < -0.39 is 15.9 Å². The van der Waals surface area contributed by atoms with Crippen LogP contribution in [0.1, 0.15) is 10.4 Å². The molecule has 1 aromatic rings. The number of hydrogen-bond donors (Lipinski definition) is 1. The number of sulfonamides is 1. The van der Waals surface area contributed by atoms with E-state index in [1.807, 2.05) is 0 Å². The highest BCUT2D eigenvalue weighted by Crippen LogP contribution is 2.19. The van der Waals surface area contributed by atoms with Crippen molar-refractivity contribution in [3.05, 3.63) is 29.8 Å². The van der Waals surface area contributed by atoms with Crippen molar-refractivity contribution in [3.63, 3.8) is 0 Å². The number of carbonyl (C=O) groups is 2. The molecule has 1 aliphatic heterocycles. The van der Waals surface area contributed by atoms with Crippen molar-refractivity contribution >= 4 is 27.5 Å². The SMILES string of the molecule is CNC(=O)CN(c1ccc(C(=O)N2CCOCC2)cc1)S(C)(=O)=O. The maximum atomic E-state index is 12.4. The van der Waals surface area contributed by atoms with Crippen molar-refractivity contribution in [1.82, 2.24) is 10.2 Å². The molecule has 1 aliphatic rings. The highest BCUT2D eigenvalue weighted by Gasteiger charge is 2.22. The molecule has 0 bridgehead atoms. The number of nitrogens with one attached hydrogen (secondary N) is 1. The Labute approximate surface area is 141 Å². The molecule has 9 heteroatoms. The van der Waals surface area contributed by atoms with Crippen LogP contribution in [0.15, 0.2) is 24.3 Å². The van der Waals surface area contributed by atoms with Crippen molar-refractivity contribution in [3.8, 4) is 0 Å². The highest BCUT2D eigenvalue weighted by atomic mass is 32.2. The van der Waals surface area contributed by atoms with Crippen molar-refractivity contribution < 1.29 is 22.7 Å². The summed E-state index contributed by atoms with van der Waals surface area (Å²) in [6.45, 7) is 1.78. The summed E-state index contributed by atoms with van der Waals surface area (Å²) in [6, 6.07) is 6.18. The first-order valence-electron chi connectivity index (χ1n) is 7.48. The standard InChI is InChI=1S/C15H21N3O5S/c1-16-14(19)11-18(24(2,21)22)13-5-3-12(4-6-13)15(20)17-7-9-23-10-8-17/h3-6H,7-11H2,1-2H3,(H,16,19). The van der Waals surface area contributed by atoms with Gasteiger partial charge in [-0.15, -0.1) is 0 Å². The molecule has 0 saturated carbocycles. The molecular weight excluding hydrogens is 334 g/mol. The van der Waals surface area contributed by atoms with Crippen LogP contribution in [0, 0.1) is 0 Å². The fourth-order valence-corrected chi connectivity index (χ4v) is 3.19. The normalized spacial score (nSPS) is 15.0. The molecule has 0 aliphatic carbocycles. The highest BCUT2D eigenvalue weighted by molar-refractivity contribution is 7.92. The summed E-state index contributed by atoms with van der Waals surface area (Å²) < 4.78 is 30.0. The van der Waals surface area contributed by atoms with Gasteiger partial charge >= 0.3 is 0 Å². The molecule has 0 unspecified atom stereocenters. The van der Waals surface area contributed by atoms with E-state index in [2.05, 4.69) is 5.32 Å². The number of likely N-dealkylation sites (N-methyl/N-ethyl adjacent to an activating group) is 1. The molecule has 2 rings (SSSR count). The van der Waals surface area contributed by atoms with Crippen LogP contribution in [0.2, 0.25) is 0 Å². The third-order valence-corrected chi connectivity index (χ3v) is 4.81. The predicted molar refractivity (Wildman–Crippen MR) is 89.4 cm³/mol. The molecule has 0 aromatic heterocycles. The van der Waals surface area contributed by atoms with Gasteiger partial charge in [-0.3, -0.25) is 13.9 Å². The van der Waals surface area contributed by atoms with Gasteiger partial charge in [-0.05, 0) is 24.3 Å². The molecule has 1 N–H and O–H groups in total. The van der Waals surface area contributed by atoms with E-state index in [0.717, 1.165) is 10.6 Å². The molecule has 0 spiro atoms. The monoisotopic (exact) mass is 355 g/mol. The summed E-state index contributed by atoms with van der Waals surface area (Å²) >= 11 is 0. The molecule has 1 fully saturated rings. The molecule has 2 amide bonds. The first-order chi connectivity index (χ1) is 11.3. The summed E-state index contributed by atoms with van der Waals surface area (Å²) in [5.74, 6) is -0.545. The predicted octanol–water partition coefficient (Wildman–Crippen LogP) is -0.329. The van der Waals surface area contributed by atoms with E-state index in [0.29, 0.717) is 37.6 Å². The second-order valence-corrected chi connectivity index (χ2v) is 7.30. The Morgan fingerprint density at radius 1 is 1.21 bits per heavy atom. The molecule has 0 atom stereocenters. The number of ether oxygens (including phenoxy) is 1. The second kappa shape index (κ2) is 7.63. The fraction of sp³-hybridized carbons (Fsp3) is 0.467.